The number of methoxy groups -OCH3 is 2. The van der Waals surface area contributed by atoms with Gasteiger partial charge in [0, 0.05) is 11.1 Å². The SMILES string of the molecule is CCc1c2cc(=O)c(OC)cc-2c(-c2ccc(OC)c(O)c2)oc1C. The summed E-state index contributed by atoms with van der Waals surface area (Å²) in [6, 6.07) is 8.34. The van der Waals surface area contributed by atoms with E-state index in [2.05, 4.69) is 0 Å². The molecule has 5 nitrogen and oxygen atoms in total. The summed E-state index contributed by atoms with van der Waals surface area (Å²) in [4.78, 5) is 12.2. The highest BCUT2D eigenvalue weighted by Gasteiger charge is 2.21. The molecule has 1 aromatic rings. The Hall–Kier alpha value is -2.95. The summed E-state index contributed by atoms with van der Waals surface area (Å²) in [7, 11) is 2.96. The molecule has 0 unspecified atom stereocenters. The Morgan fingerprint density at radius 2 is 1.76 bits per heavy atom. The van der Waals surface area contributed by atoms with Crippen LogP contribution in [0.1, 0.15) is 18.2 Å². The van der Waals surface area contributed by atoms with Gasteiger partial charge in [-0.25, -0.2) is 0 Å². The molecule has 0 amide bonds. The predicted molar refractivity (Wildman–Crippen MR) is 95.9 cm³/mol. The summed E-state index contributed by atoms with van der Waals surface area (Å²) in [6.45, 7) is 3.89. The summed E-state index contributed by atoms with van der Waals surface area (Å²) < 4.78 is 16.3. The van der Waals surface area contributed by atoms with Gasteiger partial charge in [0.2, 0.25) is 5.43 Å². The first-order valence-electron chi connectivity index (χ1n) is 8.01. The minimum absolute atomic E-state index is 0.0213. The first-order chi connectivity index (χ1) is 12.0. The Morgan fingerprint density at radius 1 is 1.04 bits per heavy atom. The van der Waals surface area contributed by atoms with Gasteiger partial charge in [0.15, 0.2) is 17.2 Å². The lowest BCUT2D eigenvalue weighted by Gasteiger charge is -2.18. The van der Waals surface area contributed by atoms with E-state index < -0.39 is 0 Å². The van der Waals surface area contributed by atoms with Crippen molar-refractivity contribution in [3.05, 3.63) is 51.9 Å². The van der Waals surface area contributed by atoms with Crippen LogP contribution in [0.2, 0.25) is 0 Å². The molecule has 2 aliphatic rings. The number of aryl methyl sites for hydroxylation is 1. The zero-order chi connectivity index (χ0) is 18.1. The third-order valence-electron chi connectivity index (χ3n) is 4.35. The molecular formula is C20H20O5. The Kier molecular flexibility index (Phi) is 4.40. The van der Waals surface area contributed by atoms with E-state index in [4.69, 9.17) is 13.9 Å². The summed E-state index contributed by atoms with van der Waals surface area (Å²) in [5, 5.41) is 10.1. The number of hydrogen-bond donors (Lipinski definition) is 1. The zero-order valence-corrected chi connectivity index (χ0v) is 14.7. The molecule has 1 aliphatic carbocycles. The lowest BCUT2D eigenvalue weighted by Crippen LogP contribution is -2.08. The Balaban J connectivity index is 2.35. The molecule has 0 bridgehead atoms. The average Bonchev–Trinajstić information content (AvgIpc) is 2.60. The van der Waals surface area contributed by atoms with Gasteiger partial charge >= 0.3 is 0 Å². The molecule has 0 saturated carbocycles. The number of benzene rings is 2. The summed E-state index contributed by atoms with van der Waals surface area (Å²) >= 11 is 0. The van der Waals surface area contributed by atoms with Crippen molar-refractivity contribution in [2.45, 2.75) is 20.3 Å². The van der Waals surface area contributed by atoms with Gasteiger partial charge in [0.25, 0.3) is 0 Å². The van der Waals surface area contributed by atoms with Gasteiger partial charge in [-0.15, -0.1) is 0 Å². The van der Waals surface area contributed by atoms with Crippen LogP contribution in [0.5, 0.6) is 17.2 Å². The summed E-state index contributed by atoms with van der Waals surface area (Å²) in [6.07, 6.45) is 0.742. The highest BCUT2D eigenvalue weighted by molar-refractivity contribution is 5.84. The second kappa shape index (κ2) is 6.51. The molecule has 0 fully saturated rings. The van der Waals surface area contributed by atoms with Crippen LogP contribution in [0.4, 0.5) is 0 Å². The number of phenols is 1. The van der Waals surface area contributed by atoms with Crippen molar-refractivity contribution < 1.29 is 19.0 Å². The first-order valence-corrected chi connectivity index (χ1v) is 8.01. The van der Waals surface area contributed by atoms with Crippen molar-refractivity contribution in [2.24, 2.45) is 0 Å². The smallest absolute Gasteiger partial charge is 0.220 e. The standard InChI is InChI=1S/C20H20O5/c1-5-13-11(2)25-20(12-6-7-18(23-3)16(21)8-12)15-10-19(24-4)17(22)9-14(13)15/h6-10,21H,5H2,1-4H3. The van der Waals surface area contributed by atoms with Crippen molar-refractivity contribution in [3.8, 4) is 39.7 Å². The Morgan fingerprint density at radius 3 is 2.36 bits per heavy atom. The van der Waals surface area contributed by atoms with Crippen LogP contribution in [-0.4, -0.2) is 19.3 Å². The summed E-state index contributed by atoms with van der Waals surface area (Å²) in [5.41, 5.74) is 3.11. The van der Waals surface area contributed by atoms with E-state index in [1.54, 1.807) is 30.3 Å². The highest BCUT2D eigenvalue weighted by atomic mass is 16.5. The normalized spacial score (nSPS) is 10.9. The molecule has 0 saturated heterocycles. The monoisotopic (exact) mass is 340 g/mol. The number of phenolic OH excluding ortho intramolecular Hbond substituents is 1. The van der Waals surface area contributed by atoms with Gasteiger partial charge in [-0.1, -0.05) is 6.92 Å². The predicted octanol–water partition coefficient (Wildman–Crippen LogP) is 4.01. The van der Waals surface area contributed by atoms with Crippen LogP contribution in [0.25, 0.3) is 22.5 Å². The molecule has 130 valence electrons. The second-order valence-electron chi connectivity index (χ2n) is 5.75. The van der Waals surface area contributed by atoms with Crippen LogP contribution < -0.4 is 14.9 Å². The maximum atomic E-state index is 12.2. The van der Waals surface area contributed by atoms with Gasteiger partial charge in [-0.2, -0.15) is 0 Å². The van der Waals surface area contributed by atoms with Crippen LogP contribution in [-0.2, 0) is 6.42 Å². The largest absolute Gasteiger partial charge is 0.504 e. The highest BCUT2D eigenvalue weighted by Crippen LogP contribution is 2.41. The molecule has 0 aromatic heterocycles. The number of fused-ring (bicyclic) bond motifs is 1. The number of rotatable bonds is 4. The van der Waals surface area contributed by atoms with Crippen molar-refractivity contribution >= 4 is 0 Å². The molecule has 3 rings (SSSR count). The van der Waals surface area contributed by atoms with Crippen LogP contribution in [0.3, 0.4) is 0 Å². The molecule has 1 aromatic carbocycles. The zero-order valence-electron chi connectivity index (χ0n) is 14.7. The van der Waals surface area contributed by atoms with Crippen molar-refractivity contribution in [2.75, 3.05) is 14.2 Å². The van der Waals surface area contributed by atoms with Crippen LogP contribution in [0, 0.1) is 6.92 Å². The van der Waals surface area contributed by atoms with Crippen molar-refractivity contribution in [1.82, 2.24) is 0 Å². The van der Waals surface area contributed by atoms with E-state index in [0.717, 1.165) is 28.9 Å². The van der Waals surface area contributed by atoms with Crippen LogP contribution in [0.15, 0.2) is 39.5 Å². The number of hydrogen-bond acceptors (Lipinski definition) is 5. The van der Waals surface area contributed by atoms with Crippen molar-refractivity contribution in [3.63, 3.8) is 0 Å². The lowest BCUT2D eigenvalue weighted by atomic mass is 9.92. The fraction of sp³-hybridized carbons (Fsp3) is 0.250. The van der Waals surface area contributed by atoms with Gasteiger partial charge < -0.3 is 19.0 Å². The van der Waals surface area contributed by atoms with Gasteiger partial charge in [-0.05, 0) is 54.8 Å². The average molecular weight is 340 g/mol. The van der Waals surface area contributed by atoms with E-state index in [1.165, 1.54) is 14.2 Å². The molecule has 1 N–H and O–H groups in total. The minimum atomic E-state index is -0.168. The maximum Gasteiger partial charge on any atom is 0.220 e. The third-order valence-corrected chi connectivity index (χ3v) is 4.35. The van der Waals surface area contributed by atoms with Gasteiger partial charge in [-0.3, -0.25) is 4.79 Å². The lowest BCUT2D eigenvalue weighted by molar-refractivity contribution is 0.373. The first kappa shape index (κ1) is 16.9. The quantitative estimate of drug-likeness (QED) is 0.777. The molecule has 25 heavy (non-hydrogen) atoms. The molecule has 1 heterocycles. The van der Waals surface area contributed by atoms with E-state index in [-0.39, 0.29) is 16.9 Å². The maximum absolute atomic E-state index is 12.2. The molecule has 0 spiro atoms. The molecular weight excluding hydrogens is 320 g/mol. The van der Waals surface area contributed by atoms with Crippen molar-refractivity contribution in [1.29, 1.82) is 0 Å². The van der Waals surface area contributed by atoms with E-state index in [0.29, 0.717) is 17.1 Å². The summed E-state index contributed by atoms with van der Waals surface area (Å²) in [5.74, 6) is 1.97. The number of aromatic hydroxyl groups is 1. The second-order valence-corrected chi connectivity index (χ2v) is 5.75. The molecule has 0 atom stereocenters. The van der Waals surface area contributed by atoms with E-state index in [9.17, 15) is 9.90 Å². The molecule has 0 radical (unpaired) electrons. The minimum Gasteiger partial charge on any atom is -0.504 e. The fourth-order valence-electron chi connectivity index (χ4n) is 3.10. The van der Waals surface area contributed by atoms with Gasteiger partial charge in [0.1, 0.15) is 11.5 Å². The van der Waals surface area contributed by atoms with Crippen LogP contribution >= 0.6 is 0 Å². The molecule has 5 heteroatoms. The Bertz CT molecular complexity index is 955. The van der Waals surface area contributed by atoms with Gasteiger partial charge in [0.05, 0.1) is 14.2 Å². The fourth-order valence-corrected chi connectivity index (χ4v) is 3.10. The third kappa shape index (κ3) is 2.82. The van der Waals surface area contributed by atoms with E-state index >= 15 is 0 Å². The Labute approximate surface area is 145 Å². The number of ether oxygens (including phenoxy) is 2. The topological polar surface area (TPSA) is 68.9 Å². The molecule has 1 aliphatic heterocycles. The van der Waals surface area contributed by atoms with E-state index in [1.807, 2.05) is 13.8 Å².